The van der Waals surface area contributed by atoms with E-state index in [1.54, 1.807) is 0 Å². The Hall–Kier alpha value is -3.34. The van der Waals surface area contributed by atoms with Crippen LogP contribution in [0.25, 0.3) is 0 Å². The highest BCUT2D eigenvalue weighted by Gasteiger charge is 2.41. The number of carboxylic acid groups (broad SMARTS) is 6. The highest BCUT2D eigenvalue weighted by Crippen LogP contribution is 2.16. The zero-order valence-corrected chi connectivity index (χ0v) is 18.2. The summed E-state index contributed by atoms with van der Waals surface area (Å²) in [6, 6.07) is 0. The summed E-state index contributed by atoms with van der Waals surface area (Å²) in [5.74, 6) is -10.0. The number of quaternary nitrogens is 1. The predicted octanol–water partition coefficient (Wildman–Crippen LogP) is -2.81. The highest BCUT2D eigenvalue weighted by atomic mass is 16.4. The molecule has 0 radical (unpaired) electrons. The van der Waals surface area contributed by atoms with Gasteiger partial charge in [0, 0.05) is 0 Å². The maximum absolute atomic E-state index is 10.3. The van der Waals surface area contributed by atoms with Crippen LogP contribution in [0.2, 0.25) is 0 Å². The van der Waals surface area contributed by atoms with Crippen LogP contribution in [-0.2, 0) is 28.8 Å². The van der Waals surface area contributed by atoms with Crippen LogP contribution in [0.4, 0.5) is 0 Å². The molecule has 0 amide bonds. The summed E-state index contributed by atoms with van der Waals surface area (Å²) in [5.41, 5.74) is -5.48. The molecule has 0 saturated heterocycles. The first-order valence-corrected chi connectivity index (χ1v) is 8.82. The fraction of sp³-hybridized carbons (Fsp3) is 0.647. The third kappa shape index (κ3) is 19.1. The Morgan fingerprint density at radius 2 is 0.788 bits per heavy atom. The van der Waals surface area contributed by atoms with Crippen molar-refractivity contribution in [2.75, 3.05) is 34.3 Å². The summed E-state index contributed by atoms with van der Waals surface area (Å²) >= 11 is 0. The lowest BCUT2D eigenvalue weighted by Crippen LogP contribution is -2.42. The molecule has 0 aromatic heterocycles. The number of nitrogens with zero attached hydrogens (tertiary/aromatic N) is 1. The molecule has 16 nitrogen and oxygen atoms in total. The minimum Gasteiger partial charge on any atom is -0.481 e. The second kappa shape index (κ2) is 14.7. The summed E-state index contributed by atoms with van der Waals surface area (Å²) in [4.78, 5) is 61.0. The normalized spacial score (nSPS) is 11.1. The maximum atomic E-state index is 10.3. The minimum atomic E-state index is -2.74. The van der Waals surface area contributed by atoms with E-state index in [0.717, 1.165) is 11.0 Å². The van der Waals surface area contributed by atoms with E-state index in [4.69, 9.17) is 46.0 Å². The fourth-order valence-electron chi connectivity index (χ4n) is 1.73. The van der Waals surface area contributed by atoms with Gasteiger partial charge < -0.3 is 50.4 Å². The number of carbonyl (C=O) groups is 6. The van der Waals surface area contributed by atoms with Gasteiger partial charge in [-0.3, -0.25) is 19.2 Å². The van der Waals surface area contributed by atoms with Crippen molar-refractivity contribution in [3.63, 3.8) is 0 Å². The molecule has 33 heavy (non-hydrogen) atoms. The molecule has 0 atom stereocenters. The van der Waals surface area contributed by atoms with Crippen LogP contribution in [-0.4, -0.2) is 132 Å². The largest absolute Gasteiger partial charge is 0.481 e. The smallest absolute Gasteiger partial charge is 0.336 e. The number of aliphatic hydroxyl groups excluding tert-OH is 1. The maximum Gasteiger partial charge on any atom is 0.336 e. The molecule has 0 fully saturated rings. The predicted molar refractivity (Wildman–Crippen MR) is 104 cm³/mol. The van der Waals surface area contributed by atoms with Gasteiger partial charge in [-0.05, 0) is 0 Å². The van der Waals surface area contributed by atoms with Gasteiger partial charge in [0.15, 0.2) is 11.2 Å². The molecule has 0 bridgehead atoms. The monoisotopic (exact) mass is 488 g/mol. The third-order valence-corrected chi connectivity index (χ3v) is 3.34. The van der Waals surface area contributed by atoms with Crippen LogP contribution in [0.5, 0.6) is 0 Å². The Bertz CT molecular complexity index is 626. The molecule has 0 saturated carbocycles. The highest BCUT2D eigenvalue weighted by molar-refractivity contribution is 5.88. The molecule has 0 aromatic rings. The summed E-state index contributed by atoms with van der Waals surface area (Å²) in [6.07, 6.45) is -4.58. The number of aliphatic carboxylic acids is 6. The molecule has 0 unspecified atom stereocenters. The van der Waals surface area contributed by atoms with E-state index in [1.807, 2.05) is 0 Å². The van der Waals surface area contributed by atoms with E-state index in [0.29, 0.717) is 0 Å². The van der Waals surface area contributed by atoms with Crippen LogP contribution in [0.15, 0.2) is 0 Å². The first-order chi connectivity index (χ1) is 14.6. The lowest BCUT2D eigenvalue weighted by atomic mass is 9.96. The first-order valence-electron chi connectivity index (χ1n) is 8.82. The Morgan fingerprint density at radius 3 is 0.848 bits per heavy atom. The van der Waals surface area contributed by atoms with Crippen molar-refractivity contribution >= 4 is 35.8 Å². The zero-order chi connectivity index (χ0) is 27.2. The van der Waals surface area contributed by atoms with Gasteiger partial charge in [0.2, 0.25) is 0 Å². The van der Waals surface area contributed by atoms with Crippen LogP contribution >= 0.6 is 0 Å². The van der Waals surface area contributed by atoms with Crippen molar-refractivity contribution in [2.24, 2.45) is 0 Å². The minimum absolute atomic E-state index is 0.281. The lowest BCUT2D eigenvalue weighted by Gasteiger charge is -2.21. The van der Waals surface area contributed by atoms with Gasteiger partial charge in [-0.25, -0.2) is 9.59 Å². The van der Waals surface area contributed by atoms with Gasteiger partial charge in [-0.2, -0.15) is 0 Å². The van der Waals surface area contributed by atoms with Gasteiger partial charge in [0.1, 0.15) is 6.54 Å². The second-order valence-electron chi connectivity index (χ2n) is 7.69. The number of likely N-dealkylation sites (N-methyl/N-ethyl adjacent to an activating group) is 1. The fourth-order valence-corrected chi connectivity index (χ4v) is 1.73. The molecule has 0 spiro atoms. The number of rotatable bonds is 12. The van der Waals surface area contributed by atoms with E-state index < -0.39 is 72.7 Å². The van der Waals surface area contributed by atoms with Crippen LogP contribution in [0.1, 0.15) is 25.7 Å². The number of hydrogen-bond acceptors (Lipinski definition) is 9. The number of hydrogen-bond donors (Lipinski definition) is 9. The topological polar surface area (TPSA) is 284 Å². The number of carboxylic acids is 6. The SMILES string of the molecule is C[N+](C)(C)CCO.O=C(O)CC(O)(CC(=O)O)C(=O)O.O=C(O)CC(O)(CC(=O)O)C(=O)O. The summed E-state index contributed by atoms with van der Waals surface area (Å²) in [7, 11) is 6.16. The quantitative estimate of drug-likeness (QED) is 0.125. The average Bonchev–Trinajstić information content (AvgIpc) is 2.51. The standard InChI is InChI=1S/2C6H8O7.C5H14NO/c2*7-3(8)1-6(13,5(11)12)2-4(9)10;1-6(2,3)4-5-7/h2*13H,1-2H2,(H,7,8)(H,9,10)(H,11,12);7H,4-5H2,1-3H3/q;;+1. The van der Waals surface area contributed by atoms with E-state index in [-0.39, 0.29) is 6.61 Å². The van der Waals surface area contributed by atoms with Crippen molar-refractivity contribution in [2.45, 2.75) is 36.9 Å². The van der Waals surface area contributed by atoms with Gasteiger partial charge in [0.25, 0.3) is 0 Å². The third-order valence-electron chi connectivity index (χ3n) is 3.34. The Balaban J connectivity index is -0.000000429. The molecule has 0 heterocycles. The number of aliphatic hydroxyl groups is 3. The van der Waals surface area contributed by atoms with Crippen molar-refractivity contribution in [3.8, 4) is 0 Å². The Morgan fingerprint density at radius 1 is 0.576 bits per heavy atom. The van der Waals surface area contributed by atoms with Crippen LogP contribution in [0.3, 0.4) is 0 Å². The summed E-state index contributed by atoms with van der Waals surface area (Å²) in [5, 5.41) is 76.0. The van der Waals surface area contributed by atoms with Crippen LogP contribution < -0.4 is 0 Å². The Labute approximate surface area is 187 Å². The van der Waals surface area contributed by atoms with Crippen molar-refractivity contribution in [1.29, 1.82) is 0 Å². The van der Waals surface area contributed by atoms with E-state index in [2.05, 4.69) is 21.1 Å². The molecular formula is C17H30NO15+. The summed E-state index contributed by atoms with van der Waals surface area (Å²) < 4.78 is 0.844. The molecule has 0 aromatic carbocycles. The molecule has 0 aliphatic carbocycles. The van der Waals surface area contributed by atoms with Gasteiger partial charge in [0.05, 0.1) is 53.4 Å². The van der Waals surface area contributed by atoms with E-state index in [9.17, 15) is 28.8 Å². The van der Waals surface area contributed by atoms with Gasteiger partial charge in [-0.1, -0.05) is 0 Å². The zero-order valence-electron chi connectivity index (χ0n) is 18.2. The van der Waals surface area contributed by atoms with Crippen molar-refractivity contribution in [3.05, 3.63) is 0 Å². The van der Waals surface area contributed by atoms with Gasteiger partial charge >= 0.3 is 35.8 Å². The second-order valence-corrected chi connectivity index (χ2v) is 7.69. The first kappa shape index (κ1) is 34.3. The molecule has 192 valence electrons. The van der Waals surface area contributed by atoms with E-state index >= 15 is 0 Å². The molecule has 0 aliphatic heterocycles. The molecule has 16 heteroatoms. The van der Waals surface area contributed by atoms with Crippen molar-refractivity contribution < 1.29 is 79.2 Å². The van der Waals surface area contributed by atoms with Gasteiger partial charge in [-0.15, -0.1) is 0 Å². The Kier molecular flexibility index (Phi) is 15.2. The van der Waals surface area contributed by atoms with Crippen molar-refractivity contribution in [1.82, 2.24) is 0 Å². The summed E-state index contributed by atoms with van der Waals surface area (Å²) in [6.45, 7) is 1.11. The van der Waals surface area contributed by atoms with Crippen LogP contribution in [0, 0.1) is 0 Å². The van der Waals surface area contributed by atoms with E-state index in [1.165, 1.54) is 0 Å². The molecule has 0 aliphatic rings. The molecule has 9 N–H and O–H groups in total. The molecular weight excluding hydrogens is 458 g/mol. The average molecular weight is 488 g/mol. The molecule has 0 rings (SSSR count). The lowest BCUT2D eigenvalue weighted by molar-refractivity contribution is -0.870.